The summed E-state index contributed by atoms with van der Waals surface area (Å²) in [5, 5.41) is 2.78. The van der Waals surface area contributed by atoms with E-state index in [4.69, 9.17) is 9.47 Å². The fraction of sp³-hybridized carbons (Fsp3) is 0.263. The first-order valence-electron chi connectivity index (χ1n) is 7.91. The Balaban J connectivity index is 2.12. The van der Waals surface area contributed by atoms with Crippen LogP contribution in [0, 0.1) is 0 Å². The Morgan fingerprint density at radius 3 is 2.54 bits per heavy atom. The van der Waals surface area contributed by atoms with Crippen molar-refractivity contribution in [2.75, 3.05) is 39.4 Å². The molecular weight excluding hydrogens is 352 g/mol. The molecule has 0 atom stereocenters. The zero-order chi connectivity index (χ0) is 19.1. The van der Waals surface area contributed by atoms with Gasteiger partial charge in [0.25, 0.3) is 11.8 Å². The normalized spacial score (nSPS) is 10.2. The van der Waals surface area contributed by atoms with Gasteiger partial charge in [0.2, 0.25) is 0 Å². The molecule has 2 rings (SSSR count). The van der Waals surface area contributed by atoms with Crippen molar-refractivity contribution < 1.29 is 19.1 Å². The van der Waals surface area contributed by atoms with E-state index in [2.05, 4.69) is 5.32 Å². The number of ether oxygens (including phenoxy) is 2. The second kappa shape index (κ2) is 9.15. The number of hydrogen-bond acceptors (Lipinski definition) is 5. The van der Waals surface area contributed by atoms with Crippen molar-refractivity contribution in [2.45, 2.75) is 4.90 Å². The van der Waals surface area contributed by atoms with E-state index in [1.165, 1.54) is 12.0 Å². The number of carbonyl (C=O) groups excluding carboxylic acids is 2. The van der Waals surface area contributed by atoms with E-state index in [9.17, 15) is 9.59 Å². The third-order valence-corrected chi connectivity index (χ3v) is 4.26. The molecule has 0 bridgehead atoms. The first kappa shape index (κ1) is 19.7. The summed E-state index contributed by atoms with van der Waals surface area (Å²) < 4.78 is 10.9. The molecule has 6 nitrogen and oxygen atoms in total. The van der Waals surface area contributed by atoms with Gasteiger partial charge in [-0.3, -0.25) is 9.59 Å². The number of nitrogens with zero attached hydrogens (tertiary/aromatic N) is 1. The molecule has 7 heteroatoms. The van der Waals surface area contributed by atoms with Crippen LogP contribution in [0.2, 0.25) is 0 Å². The summed E-state index contributed by atoms with van der Waals surface area (Å²) in [4.78, 5) is 27.0. The SMILES string of the molecule is COc1cccc(C(=O)N(C)C)c1OCC(=O)Nc1cccc(SC)c1. The van der Waals surface area contributed by atoms with Crippen molar-refractivity contribution in [3.05, 3.63) is 48.0 Å². The number of rotatable bonds is 7. The Kier molecular flexibility index (Phi) is 6.91. The maximum atomic E-state index is 12.3. The minimum Gasteiger partial charge on any atom is -0.493 e. The average molecular weight is 374 g/mol. The maximum Gasteiger partial charge on any atom is 0.262 e. The molecule has 0 spiro atoms. The number of hydrogen-bond donors (Lipinski definition) is 1. The highest BCUT2D eigenvalue weighted by molar-refractivity contribution is 7.98. The number of nitrogens with one attached hydrogen (secondary N) is 1. The largest absolute Gasteiger partial charge is 0.493 e. The topological polar surface area (TPSA) is 67.9 Å². The average Bonchev–Trinajstić information content (AvgIpc) is 2.65. The lowest BCUT2D eigenvalue weighted by molar-refractivity contribution is -0.118. The Labute approximate surface area is 157 Å². The molecule has 2 aromatic carbocycles. The highest BCUT2D eigenvalue weighted by Crippen LogP contribution is 2.31. The number of amides is 2. The summed E-state index contributed by atoms with van der Waals surface area (Å²) in [5.74, 6) is 0.0981. The lowest BCUT2D eigenvalue weighted by Crippen LogP contribution is -2.24. The van der Waals surface area contributed by atoms with Crippen LogP contribution >= 0.6 is 11.8 Å². The minimum atomic E-state index is -0.322. The van der Waals surface area contributed by atoms with Crippen LogP contribution in [-0.2, 0) is 4.79 Å². The molecule has 0 aromatic heterocycles. The molecule has 138 valence electrons. The molecular formula is C19H22N2O4S. The van der Waals surface area contributed by atoms with Gasteiger partial charge in [0.05, 0.1) is 12.7 Å². The summed E-state index contributed by atoms with van der Waals surface area (Å²) in [6, 6.07) is 12.5. The molecule has 0 heterocycles. The van der Waals surface area contributed by atoms with Gasteiger partial charge >= 0.3 is 0 Å². The highest BCUT2D eigenvalue weighted by atomic mass is 32.2. The number of anilines is 1. The Bertz CT molecular complexity index is 793. The van der Waals surface area contributed by atoms with E-state index >= 15 is 0 Å². The molecule has 0 aliphatic rings. The second-order valence-electron chi connectivity index (χ2n) is 5.61. The van der Waals surface area contributed by atoms with Gasteiger partial charge in [0, 0.05) is 24.7 Å². The zero-order valence-corrected chi connectivity index (χ0v) is 16.1. The number of thioether (sulfide) groups is 1. The van der Waals surface area contributed by atoms with E-state index in [0.29, 0.717) is 17.0 Å². The van der Waals surface area contributed by atoms with Gasteiger partial charge in [-0.1, -0.05) is 12.1 Å². The molecule has 0 saturated carbocycles. The lowest BCUT2D eigenvalue weighted by atomic mass is 10.1. The van der Waals surface area contributed by atoms with Crippen LogP contribution in [0.1, 0.15) is 10.4 Å². The van der Waals surface area contributed by atoms with E-state index in [0.717, 1.165) is 4.90 Å². The van der Waals surface area contributed by atoms with E-state index in [1.54, 1.807) is 44.1 Å². The van der Waals surface area contributed by atoms with Crippen molar-refractivity contribution in [3.63, 3.8) is 0 Å². The van der Waals surface area contributed by atoms with Crippen LogP contribution in [0.4, 0.5) is 5.69 Å². The summed E-state index contributed by atoms with van der Waals surface area (Å²) in [6.45, 7) is -0.239. The smallest absolute Gasteiger partial charge is 0.262 e. The fourth-order valence-electron chi connectivity index (χ4n) is 2.27. The van der Waals surface area contributed by atoms with Gasteiger partial charge < -0.3 is 19.7 Å². The van der Waals surface area contributed by atoms with Crippen LogP contribution in [-0.4, -0.2) is 50.8 Å². The molecule has 0 radical (unpaired) electrons. The standard InChI is InChI=1S/C19H22N2O4S/c1-21(2)19(23)15-9-6-10-16(24-3)18(15)25-12-17(22)20-13-7-5-8-14(11-13)26-4/h5-11H,12H2,1-4H3,(H,20,22). The van der Waals surface area contributed by atoms with Crippen molar-refractivity contribution in [2.24, 2.45) is 0 Å². The first-order valence-corrected chi connectivity index (χ1v) is 9.14. The maximum absolute atomic E-state index is 12.3. The van der Waals surface area contributed by atoms with E-state index in [-0.39, 0.29) is 24.2 Å². The minimum absolute atomic E-state index is 0.230. The Morgan fingerprint density at radius 2 is 1.88 bits per heavy atom. The zero-order valence-electron chi connectivity index (χ0n) is 15.2. The highest BCUT2D eigenvalue weighted by Gasteiger charge is 2.19. The van der Waals surface area contributed by atoms with Crippen LogP contribution < -0.4 is 14.8 Å². The predicted octanol–water partition coefficient (Wildman–Crippen LogP) is 3.14. The van der Waals surface area contributed by atoms with Crippen LogP contribution in [0.15, 0.2) is 47.4 Å². The number of para-hydroxylation sites is 1. The van der Waals surface area contributed by atoms with Crippen molar-refractivity contribution in [1.29, 1.82) is 0 Å². The Hall–Kier alpha value is -2.67. The molecule has 1 N–H and O–H groups in total. The summed E-state index contributed by atoms with van der Waals surface area (Å²) in [5.41, 5.74) is 1.03. The molecule has 0 fully saturated rings. The van der Waals surface area contributed by atoms with Gasteiger partial charge in [-0.25, -0.2) is 0 Å². The van der Waals surface area contributed by atoms with Gasteiger partial charge in [-0.05, 0) is 36.6 Å². The first-order chi connectivity index (χ1) is 12.5. The van der Waals surface area contributed by atoms with Crippen LogP contribution in [0.5, 0.6) is 11.5 Å². The lowest BCUT2D eigenvalue weighted by Gasteiger charge is -2.17. The number of carbonyl (C=O) groups is 2. The molecule has 26 heavy (non-hydrogen) atoms. The fourth-order valence-corrected chi connectivity index (χ4v) is 2.73. The molecule has 2 aromatic rings. The number of benzene rings is 2. The quantitative estimate of drug-likeness (QED) is 0.754. The third-order valence-electron chi connectivity index (χ3n) is 3.54. The van der Waals surface area contributed by atoms with Crippen LogP contribution in [0.3, 0.4) is 0 Å². The monoisotopic (exact) mass is 374 g/mol. The summed E-state index contributed by atoms with van der Waals surface area (Å²) >= 11 is 1.59. The van der Waals surface area contributed by atoms with Crippen molar-refractivity contribution in [3.8, 4) is 11.5 Å². The van der Waals surface area contributed by atoms with Crippen molar-refractivity contribution in [1.82, 2.24) is 4.90 Å². The van der Waals surface area contributed by atoms with E-state index < -0.39 is 0 Å². The summed E-state index contributed by atoms with van der Waals surface area (Å²) in [6.07, 6.45) is 1.97. The van der Waals surface area contributed by atoms with Crippen molar-refractivity contribution >= 4 is 29.3 Å². The van der Waals surface area contributed by atoms with Gasteiger partial charge in [-0.2, -0.15) is 0 Å². The molecule has 0 aliphatic heterocycles. The third kappa shape index (κ3) is 4.92. The predicted molar refractivity (Wildman–Crippen MR) is 103 cm³/mol. The Morgan fingerprint density at radius 1 is 1.15 bits per heavy atom. The molecule has 0 aliphatic carbocycles. The van der Waals surface area contributed by atoms with Gasteiger partial charge in [0.1, 0.15) is 0 Å². The van der Waals surface area contributed by atoms with Crippen LogP contribution in [0.25, 0.3) is 0 Å². The molecule has 2 amide bonds. The van der Waals surface area contributed by atoms with E-state index in [1.807, 2.05) is 30.5 Å². The second-order valence-corrected chi connectivity index (χ2v) is 6.48. The molecule has 0 saturated heterocycles. The molecule has 0 unspecified atom stereocenters. The summed E-state index contributed by atoms with van der Waals surface area (Å²) in [7, 11) is 4.79. The van der Waals surface area contributed by atoms with Gasteiger partial charge in [0.15, 0.2) is 18.1 Å². The van der Waals surface area contributed by atoms with Gasteiger partial charge in [-0.15, -0.1) is 11.8 Å². The number of methoxy groups -OCH3 is 1.